The summed E-state index contributed by atoms with van der Waals surface area (Å²) in [6.07, 6.45) is 5.64. The van der Waals surface area contributed by atoms with Crippen LogP contribution in [0.2, 0.25) is 0 Å². The van der Waals surface area contributed by atoms with Crippen molar-refractivity contribution in [1.29, 1.82) is 0 Å². The minimum atomic E-state index is -0.819. The zero-order valence-electron chi connectivity index (χ0n) is 11.1. The van der Waals surface area contributed by atoms with Crippen LogP contribution in [-0.2, 0) is 6.42 Å². The Labute approximate surface area is 123 Å². The molecule has 0 saturated carbocycles. The van der Waals surface area contributed by atoms with Crippen LogP contribution in [-0.4, -0.2) is 10.8 Å². The minimum Gasteiger partial charge on any atom is -0.461 e. The van der Waals surface area contributed by atoms with Crippen molar-refractivity contribution >= 4 is 30.2 Å². The summed E-state index contributed by atoms with van der Waals surface area (Å²) in [7, 11) is 0. The first-order valence-electron chi connectivity index (χ1n) is 6.30. The summed E-state index contributed by atoms with van der Waals surface area (Å²) >= 11 is 0. The zero-order valence-corrected chi connectivity index (χ0v) is 12.1. The lowest BCUT2D eigenvalue weighted by atomic mass is 9.97. The third-order valence-electron chi connectivity index (χ3n) is 3.45. The average Bonchev–Trinajstić information content (AvgIpc) is 3.08. The molecule has 0 bridgehead atoms. The normalized spacial score (nSPS) is 15.2. The molecule has 0 spiro atoms. The highest BCUT2D eigenvalue weighted by Crippen LogP contribution is 2.33. The van der Waals surface area contributed by atoms with E-state index >= 15 is 0 Å². The number of hydrogen-bond acceptors (Lipinski definition) is 3. The first-order valence-corrected chi connectivity index (χ1v) is 6.30. The fourth-order valence-electron chi connectivity index (χ4n) is 2.43. The number of furan rings is 1. The summed E-state index contributed by atoms with van der Waals surface area (Å²) < 4.78 is 19.0. The number of aryl methyl sites for hydroxylation is 1. The third-order valence-corrected chi connectivity index (χ3v) is 3.45. The summed E-state index contributed by atoms with van der Waals surface area (Å²) in [4.78, 5) is 4.14. The van der Waals surface area contributed by atoms with Crippen molar-refractivity contribution in [3.8, 4) is 0 Å². The van der Waals surface area contributed by atoms with E-state index in [9.17, 15) is 9.50 Å². The number of benzene rings is 1. The maximum Gasteiger partial charge on any atom is 0.170 e. The Hall–Kier alpha value is -1.59. The molecule has 1 aliphatic heterocycles. The summed E-state index contributed by atoms with van der Waals surface area (Å²) in [6.45, 7) is 1.97. The van der Waals surface area contributed by atoms with E-state index in [0.29, 0.717) is 23.1 Å². The second kappa shape index (κ2) is 5.81. The lowest BCUT2D eigenvalue weighted by Gasteiger charge is -2.13. The molecule has 1 aromatic heterocycles. The van der Waals surface area contributed by atoms with Crippen LogP contribution in [0.1, 0.15) is 30.6 Å². The maximum absolute atomic E-state index is 13.7. The molecule has 0 fully saturated rings. The van der Waals surface area contributed by atoms with Crippen molar-refractivity contribution in [2.45, 2.75) is 25.9 Å². The SMILES string of the molecule is CCc1coc2c(F)ccc([C@H](O)C3=NC=CC3)c12.S. The lowest BCUT2D eigenvalue weighted by molar-refractivity contribution is 0.247. The average molecular weight is 293 g/mol. The number of aliphatic hydroxyl groups excluding tert-OH is 1. The van der Waals surface area contributed by atoms with Crippen molar-refractivity contribution in [3.05, 3.63) is 47.6 Å². The van der Waals surface area contributed by atoms with E-state index in [2.05, 4.69) is 4.99 Å². The molecule has 2 aromatic rings. The number of hydrogen-bond donors (Lipinski definition) is 1. The maximum atomic E-state index is 13.7. The van der Waals surface area contributed by atoms with Crippen LogP contribution in [0.4, 0.5) is 4.39 Å². The van der Waals surface area contributed by atoms with E-state index in [0.717, 1.165) is 12.0 Å². The van der Waals surface area contributed by atoms with Crippen LogP contribution in [0.3, 0.4) is 0 Å². The Bertz CT molecular complexity index is 690. The third kappa shape index (κ3) is 2.27. The van der Waals surface area contributed by atoms with E-state index in [1.165, 1.54) is 6.07 Å². The number of allylic oxidation sites excluding steroid dienone is 1. The standard InChI is InChI=1S/C15H14FNO2.H2S/c1-2-9-8-19-15-11(16)6-5-10(13(9)15)14(18)12-4-3-7-17-12;/h3,5-8,14,18H,2,4H2,1H3;1H2/t14-;/m0./s1. The van der Waals surface area contributed by atoms with Gasteiger partial charge in [0, 0.05) is 18.0 Å². The van der Waals surface area contributed by atoms with Crippen LogP contribution in [0.15, 0.2) is 40.1 Å². The van der Waals surface area contributed by atoms with Crippen LogP contribution in [0.25, 0.3) is 11.0 Å². The molecule has 0 aliphatic carbocycles. The molecular weight excluding hydrogens is 277 g/mol. The van der Waals surface area contributed by atoms with Gasteiger partial charge in [0.2, 0.25) is 0 Å². The van der Waals surface area contributed by atoms with Gasteiger partial charge >= 0.3 is 0 Å². The van der Waals surface area contributed by atoms with E-state index in [-0.39, 0.29) is 19.1 Å². The molecule has 1 N–H and O–H groups in total. The number of halogens is 1. The molecule has 3 rings (SSSR count). The molecule has 106 valence electrons. The summed E-state index contributed by atoms with van der Waals surface area (Å²) in [6, 6.07) is 2.94. The molecule has 1 atom stereocenters. The smallest absolute Gasteiger partial charge is 0.170 e. The number of nitrogens with zero attached hydrogens (tertiary/aromatic N) is 1. The van der Waals surface area contributed by atoms with Gasteiger partial charge in [0.15, 0.2) is 11.4 Å². The molecule has 2 heterocycles. The van der Waals surface area contributed by atoms with Gasteiger partial charge in [0.25, 0.3) is 0 Å². The Morgan fingerprint density at radius 2 is 2.25 bits per heavy atom. The van der Waals surface area contributed by atoms with Gasteiger partial charge in [-0.3, -0.25) is 4.99 Å². The molecule has 20 heavy (non-hydrogen) atoms. The number of rotatable bonds is 3. The quantitative estimate of drug-likeness (QED) is 0.939. The first-order chi connectivity index (χ1) is 9.22. The van der Waals surface area contributed by atoms with E-state index < -0.39 is 11.9 Å². The molecular formula is C15H16FNO2S. The highest BCUT2D eigenvalue weighted by atomic mass is 32.1. The number of aliphatic imine (C=N–C) groups is 1. The van der Waals surface area contributed by atoms with Crippen molar-refractivity contribution < 1.29 is 13.9 Å². The van der Waals surface area contributed by atoms with Gasteiger partial charge in [0.05, 0.1) is 12.0 Å². The molecule has 0 amide bonds. The van der Waals surface area contributed by atoms with Crippen LogP contribution in [0, 0.1) is 5.82 Å². The molecule has 0 saturated heterocycles. The zero-order chi connectivity index (χ0) is 13.4. The van der Waals surface area contributed by atoms with Gasteiger partial charge in [-0.2, -0.15) is 13.5 Å². The predicted molar refractivity (Wildman–Crippen MR) is 82.1 cm³/mol. The molecule has 0 unspecified atom stereocenters. The highest BCUT2D eigenvalue weighted by Gasteiger charge is 2.22. The Morgan fingerprint density at radius 3 is 2.90 bits per heavy atom. The van der Waals surface area contributed by atoms with Gasteiger partial charge in [-0.05, 0) is 23.6 Å². The minimum absolute atomic E-state index is 0. The van der Waals surface area contributed by atoms with Crippen molar-refractivity contribution in [2.24, 2.45) is 4.99 Å². The Morgan fingerprint density at radius 1 is 1.45 bits per heavy atom. The van der Waals surface area contributed by atoms with Crippen LogP contribution < -0.4 is 0 Å². The van der Waals surface area contributed by atoms with Crippen molar-refractivity contribution in [2.75, 3.05) is 0 Å². The topological polar surface area (TPSA) is 45.7 Å². The molecule has 1 aromatic carbocycles. The first kappa shape index (κ1) is 14.8. The van der Waals surface area contributed by atoms with E-state index in [1.54, 1.807) is 18.5 Å². The van der Waals surface area contributed by atoms with Crippen LogP contribution in [0.5, 0.6) is 0 Å². The van der Waals surface area contributed by atoms with E-state index in [4.69, 9.17) is 4.42 Å². The van der Waals surface area contributed by atoms with Gasteiger partial charge in [-0.25, -0.2) is 4.39 Å². The van der Waals surface area contributed by atoms with Crippen molar-refractivity contribution in [1.82, 2.24) is 0 Å². The van der Waals surface area contributed by atoms with Crippen molar-refractivity contribution in [3.63, 3.8) is 0 Å². The molecule has 1 aliphatic rings. The fraction of sp³-hybridized carbons (Fsp3) is 0.267. The van der Waals surface area contributed by atoms with Gasteiger partial charge < -0.3 is 9.52 Å². The van der Waals surface area contributed by atoms with Gasteiger partial charge in [-0.15, -0.1) is 0 Å². The van der Waals surface area contributed by atoms with E-state index in [1.807, 2.05) is 13.0 Å². The second-order valence-electron chi connectivity index (χ2n) is 4.57. The monoisotopic (exact) mass is 293 g/mol. The largest absolute Gasteiger partial charge is 0.461 e. The Balaban J connectivity index is 0.00000147. The van der Waals surface area contributed by atoms with Gasteiger partial charge in [-0.1, -0.05) is 19.1 Å². The van der Waals surface area contributed by atoms with Gasteiger partial charge in [0.1, 0.15) is 6.10 Å². The number of aliphatic hydroxyl groups is 1. The summed E-state index contributed by atoms with van der Waals surface area (Å²) in [5, 5.41) is 11.1. The highest BCUT2D eigenvalue weighted by molar-refractivity contribution is 7.59. The molecule has 0 radical (unpaired) electrons. The molecule has 5 heteroatoms. The summed E-state index contributed by atoms with van der Waals surface area (Å²) in [5.74, 6) is -0.405. The lowest BCUT2D eigenvalue weighted by Crippen LogP contribution is -2.10. The summed E-state index contributed by atoms with van der Waals surface area (Å²) in [5.41, 5.74) is 2.44. The second-order valence-corrected chi connectivity index (χ2v) is 4.57. The Kier molecular flexibility index (Phi) is 4.30. The number of fused-ring (bicyclic) bond motifs is 1. The van der Waals surface area contributed by atoms with Crippen LogP contribution >= 0.6 is 13.5 Å². The predicted octanol–water partition coefficient (Wildman–Crippen LogP) is 3.64. The molecule has 3 nitrogen and oxygen atoms in total. The fourth-order valence-corrected chi connectivity index (χ4v) is 2.43.